The van der Waals surface area contributed by atoms with Crippen molar-refractivity contribution in [2.75, 3.05) is 6.54 Å². The molecular formula is C10H14N6O. The predicted molar refractivity (Wildman–Crippen MR) is 60.2 cm³/mol. The van der Waals surface area contributed by atoms with Crippen molar-refractivity contribution in [2.45, 2.75) is 6.42 Å². The van der Waals surface area contributed by atoms with E-state index in [1.54, 1.807) is 19.4 Å². The number of aromatic nitrogens is 5. The Labute approximate surface area is 98.5 Å². The molecule has 17 heavy (non-hydrogen) atoms. The second-order valence-electron chi connectivity index (χ2n) is 3.74. The second kappa shape index (κ2) is 4.77. The highest BCUT2D eigenvalue weighted by Gasteiger charge is 2.09. The Kier molecular flexibility index (Phi) is 3.17. The standard InChI is InChI=1S/C10H14N6O/c1-15-6-5-11-9(15)3-4-12-10(17)8-7-16(2)14-13-8/h5-7H,3-4H2,1-2H3,(H,12,17). The zero-order chi connectivity index (χ0) is 12.3. The Morgan fingerprint density at radius 2 is 2.29 bits per heavy atom. The molecule has 0 aliphatic rings. The average molecular weight is 234 g/mol. The normalized spacial score (nSPS) is 10.5. The lowest BCUT2D eigenvalue weighted by Crippen LogP contribution is -2.26. The SMILES string of the molecule is Cn1cc(C(=O)NCCc2nccn2C)nn1. The zero-order valence-corrected chi connectivity index (χ0v) is 9.79. The van der Waals surface area contributed by atoms with E-state index < -0.39 is 0 Å². The summed E-state index contributed by atoms with van der Waals surface area (Å²) in [7, 11) is 3.64. The van der Waals surface area contributed by atoms with Crippen LogP contribution in [0, 0.1) is 0 Å². The summed E-state index contributed by atoms with van der Waals surface area (Å²) in [4.78, 5) is 15.8. The van der Waals surface area contributed by atoms with Gasteiger partial charge in [0.2, 0.25) is 0 Å². The minimum absolute atomic E-state index is 0.215. The third-order valence-corrected chi connectivity index (χ3v) is 2.39. The van der Waals surface area contributed by atoms with Crippen LogP contribution in [0.5, 0.6) is 0 Å². The van der Waals surface area contributed by atoms with Crippen LogP contribution in [0.2, 0.25) is 0 Å². The average Bonchev–Trinajstić information content (AvgIpc) is 2.88. The summed E-state index contributed by atoms with van der Waals surface area (Å²) >= 11 is 0. The van der Waals surface area contributed by atoms with E-state index in [0.29, 0.717) is 18.7 Å². The number of hydrogen-bond donors (Lipinski definition) is 1. The van der Waals surface area contributed by atoms with Gasteiger partial charge in [0.15, 0.2) is 5.69 Å². The predicted octanol–water partition coefficient (Wildman–Crippen LogP) is -0.479. The van der Waals surface area contributed by atoms with Crippen LogP contribution in [0.3, 0.4) is 0 Å². The monoisotopic (exact) mass is 234 g/mol. The largest absolute Gasteiger partial charge is 0.350 e. The molecule has 0 bridgehead atoms. The Balaban J connectivity index is 1.83. The number of amides is 1. The Hall–Kier alpha value is -2.18. The fraction of sp³-hybridized carbons (Fsp3) is 0.400. The lowest BCUT2D eigenvalue weighted by molar-refractivity contribution is 0.0949. The van der Waals surface area contributed by atoms with E-state index in [9.17, 15) is 4.79 Å². The Morgan fingerprint density at radius 1 is 1.47 bits per heavy atom. The number of nitrogens with one attached hydrogen (secondary N) is 1. The van der Waals surface area contributed by atoms with Crippen LogP contribution in [0.25, 0.3) is 0 Å². The summed E-state index contributed by atoms with van der Waals surface area (Å²) in [6, 6.07) is 0. The molecule has 2 heterocycles. The molecule has 0 unspecified atom stereocenters. The van der Waals surface area contributed by atoms with E-state index in [4.69, 9.17) is 0 Å². The van der Waals surface area contributed by atoms with E-state index in [1.807, 2.05) is 17.8 Å². The molecule has 0 radical (unpaired) electrons. The smallest absolute Gasteiger partial charge is 0.273 e. The molecule has 0 aliphatic carbocycles. The number of carbonyl (C=O) groups excluding carboxylic acids is 1. The maximum Gasteiger partial charge on any atom is 0.273 e. The third kappa shape index (κ3) is 2.68. The summed E-state index contributed by atoms with van der Waals surface area (Å²) in [5, 5.41) is 10.2. The van der Waals surface area contributed by atoms with Gasteiger partial charge >= 0.3 is 0 Å². The fourth-order valence-electron chi connectivity index (χ4n) is 1.47. The number of imidazole rings is 1. The van der Waals surface area contributed by atoms with E-state index in [0.717, 1.165) is 5.82 Å². The summed E-state index contributed by atoms with van der Waals surface area (Å²) in [6.45, 7) is 0.528. The van der Waals surface area contributed by atoms with E-state index in [-0.39, 0.29) is 5.91 Å². The first-order valence-electron chi connectivity index (χ1n) is 5.27. The van der Waals surface area contributed by atoms with Crippen LogP contribution >= 0.6 is 0 Å². The van der Waals surface area contributed by atoms with Crippen molar-refractivity contribution in [3.05, 3.63) is 30.1 Å². The lowest BCUT2D eigenvalue weighted by Gasteiger charge is -2.03. The van der Waals surface area contributed by atoms with Gasteiger partial charge in [0.25, 0.3) is 5.91 Å². The van der Waals surface area contributed by atoms with Crippen molar-refractivity contribution < 1.29 is 4.79 Å². The van der Waals surface area contributed by atoms with Crippen molar-refractivity contribution in [1.29, 1.82) is 0 Å². The van der Waals surface area contributed by atoms with E-state index >= 15 is 0 Å². The molecule has 7 heteroatoms. The van der Waals surface area contributed by atoms with Crippen LogP contribution in [0.15, 0.2) is 18.6 Å². The van der Waals surface area contributed by atoms with Crippen molar-refractivity contribution in [2.24, 2.45) is 14.1 Å². The summed E-state index contributed by atoms with van der Waals surface area (Å²) in [5.74, 6) is 0.719. The zero-order valence-electron chi connectivity index (χ0n) is 9.79. The molecule has 2 aromatic rings. The lowest BCUT2D eigenvalue weighted by atomic mass is 10.3. The van der Waals surface area contributed by atoms with Gasteiger partial charge < -0.3 is 9.88 Å². The van der Waals surface area contributed by atoms with E-state index in [1.165, 1.54) is 4.68 Å². The highest BCUT2D eigenvalue weighted by molar-refractivity contribution is 5.91. The highest BCUT2D eigenvalue weighted by atomic mass is 16.2. The molecule has 0 spiro atoms. The number of aryl methyl sites for hydroxylation is 2. The molecule has 0 fully saturated rings. The molecule has 2 aromatic heterocycles. The molecule has 0 atom stereocenters. The fourth-order valence-corrected chi connectivity index (χ4v) is 1.47. The van der Waals surface area contributed by atoms with Crippen LogP contribution in [0.4, 0.5) is 0 Å². The van der Waals surface area contributed by atoms with E-state index in [2.05, 4.69) is 20.6 Å². The minimum Gasteiger partial charge on any atom is -0.350 e. The first kappa shape index (κ1) is 11.3. The summed E-state index contributed by atoms with van der Waals surface area (Å²) in [5.41, 5.74) is 0.326. The van der Waals surface area contributed by atoms with Gasteiger partial charge in [-0.25, -0.2) is 4.98 Å². The van der Waals surface area contributed by atoms with Crippen LogP contribution in [-0.2, 0) is 20.5 Å². The number of carbonyl (C=O) groups is 1. The molecule has 0 aliphatic heterocycles. The summed E-state index contributed by atoms with van der Waals surface area (Å²) in [6.07, 6.45) is 5.88. The van der Waals surface area contributed by atoms with Gasteiger partial charge in [0.1, 0.15) is 5.82 Å². The van der Waals surface area contributed by atoms with Crippen molar-refractivity contribution in [3.63, 3.8) is 0 Å². The van der Waals surface area contributed by atoms with Gasteiger partial charge in [-0.1, -0.05) is 5.21 Å². The molecule has 1 N–H and O–H groups in total. The molecule has 90 valence electrons. The topological polar surface area (TPSA) is 77.6 Å². The van der Waals surface area contributed by atoms with Crippen LogP contribution in [-0.4, -0.2) is 37.0 Å². The second-order valence-corrected chi connectivity index (χ2v) is 3.74. The first-order chi connectivity index (χ1) is 8.16. The first-order valence-corrected chi connectivity index (χ1v) is 5.27. The van der Waals surface area contributed by atoms with Gasteiger partial charge in [-0.15, -0.1) is 5.10 Å². The molecule has 0 aromatic carbocycles. The molecule has 1 amide bonds. The molecule has 0 saturated heterocycles. The number of hydrogen-bond acceptors (Lipinski definition) is 4. The van der Waals surface area contributed by atoms with Gasteiger partial charge in [0.05, 0.1) is 6.20 Å². The molecule has 7 nitrogen and oxygen atoms in total. The van der Waals surface area contributed by atoms with Crippen molar-refractivity contribution >= 4 is 5.91 Å². The Bertz CT molecular complexity index is 514. The van der Waals surface area contributed by atoms with Gasteiger partial charge in [0, 0.05) is 39.5 Å². The minimum atomic E-state index is -0.215. The maximum absolute atomic E-state index is 11.6. The number of nitrogens with zero attached hydrogens (tertiary/aromatic N) is 5. The number of rotatable bonds is 4. The maximum atomic E-state index is 11.6. The van der Waals surface area contributed by atoms with Gasteiger partial charge in [-0.2, -0.15) is 0 Å². The molecular weight excluding hydrogens is 220 g/mol. The molecule has 2 rings (SSSR count). The van der Waals surface area contributed by atoms with Crippen molar-refractivity contribution in [3.8, 4) is 0 Å². The molecule has 0 saturated carbocycles. The third-order valence-electron chi connectivity index (χ3n) is 2.39. The van der Waals surface area contributed by atoms with Gasteiger partial charge in [-0.3, -0.25) is 9.48 Å². The summed E-state index contributed by atoms with van der Waals surface area (Å²) < 4.78 is 3.42. The van der Waals surface area contributed by atoms with Crippen LogP contribution in [0.1, 0.15) is 16.3 Å². The highest BCUT2D eigenvalue weighted by Crippen LogP contribution is 1.95. The van der Waals surface area contributed by atoms with Crippen molar-refractivity contribution in [1.82, 2.24) is 29.9 Å². The quantitative estimate of drug-likeness (QED) is 0.775. The van der Waals surface area contributed by atoms with Crippen LogP contribution < -0.4 is 5.32 Å². The van der Waals surface area contributed by atoms with Gasteiger partial charge in [-0.05, 0) is 0 Å². The Morgan fingerprint density at radius 3 is 2.88 bits per heavy atom.